The van der Waals surface area contributed by atoms with Crippen LogP contribution in [-0.2, 0) is 12.0 Å². The van der Waals surface area contributed by atoms with E-state index in [1.807, 2.05) is 0 Å². The number of fused-ring (bicyclic) bond motifs is 3. The van der Waals surface area contributed by atoms with Crippen LogP contribution in [-0.4, -0.2) is 12.5 Å². The number of nitrogens with one attached hydrogen (secondary N) is 1. The molecule has 0 spiro atoms. The second kappa shape index (κ2) is 3.85. The van der Waals surface area contributed by atoms with Gasteiger partial charge in [-0.2, -0.15) is 0 Å². The van der Waals surface area contributed by atoms with Gasteiger partial charge < -0.3 is 11.1 Å². The summed E-state index contributed by atoms with van der Waals surface area (Å²) < 4.78 is 0. The summed E-state index contributed by atoms with van der Waals surface area (Å²) in [6.07, 6.45) is 1.02. The average molecular weight is 263 g/mol. The molecule has 2 aliphatic rings. The fourth-order valence-corrected chi connectivity index (χ4v) is 3.26. The van der Waals surface area contributed by atoms with Crippen LogP contribution in [0.15, 0.2) is 47.5 Å². The van der Waals surface area contributed by atoms with Gasteiger partial charge in [-0.3, -0.25) is 4.99 Å². The van der Waals surface area contributed by atoms with Crippen molar-refractivity contribution in [1.82, 2.24) is 5.32 Å². The molecule has 100 valence electrons. The minimum absolute atomic E-state index is 0.173. The Bertz CT molecular complexity index is 733. The second-order valence-electron chi connectivity index (χ2n) is 5.86. The zero-order valence-corrected chi connectivity index (χ0v) is 11.5. The lowest BCUT2D eigenvalue weighted by molar-refractivity contribution is 0.479. The summed E-state index contributed by atoms with van der Waals surface area (Å²) in [4.78, 5) is 4.28. The largest absolute Gasteiger partial charge is 0.370 e. The van der Waals surface area contributed by atoms with Crippen LogP contribution in [0.4, 0.5) is 0 Å². The Balaban J connectivity index is 1.76. The second-order valence-corrected chi connectivity index (χ2v) is 5.86. The molecule has 0 radical (unpaired) electrons. The highest BCUT2D eigenvalue weighted by atomic mass is 15.2. The van der Waals surface area contributed by atoms with Crippen molar-refractivity contribution in [3.8, 4) is 11.1 Å². The van der Waals surface area contributed by atoms with Crippen molar-refractivity contribution in [2.24, 2.45) is 10.7 Å². The van der Waals surface area contributed by atoms with Gasteiger partial charge in [0.1, 0.15) is 0 Å². The number of hydrogen-bond donors (Lipinski definition) is 2. The molecule has 4 rings (SSSR count). The van der Waals surface area contributed by atoms with Gasteiger partial charge in [-0.15, -0.1) is 0 Å². The maximum absolute atomic E-state index is 5.77. The molecule has 20 heavy (non-hydrogen) atoms. The number of nitrogens with zero attached hydrogens (tertiary/aromatic N) is 1. The van der Waals surface area contributed by atoms with Gasteiger partial charge in [0.15, 0.2) is 5.96 Å². The molecule has 0 saturated heterocycles. The molecular formula is C17H17N3. The van der Waals surface area contributed by atoms with Crippen molar-refractivity contribution < 1.29 is 0 Å². The third-order valence-corrected chi connectivity index (χ3v) is 4.40. The highest BCUT2D eigenvalue weighted by molar-refractivity contribution is 5.81. The summed E-state index contributed by atoms with van der Waals surface area (Å²) in [5, 5.41) is 3.29. The minimum Gasteiger partial charge on any atom is -0.370 e. The van der Waals surface area contributed by atoms with Gasteiger partial charge in [-0.1, -0.05) is 42.5 Å². The third-order valence-electron chi connectivity index (χ3n) is 4.40. The van der Waals surface area contributed by atoms with E-state index >= 15 is 0 Å². The fraction of sp³-hybridized carbons (Fsp3) is 0.235. The fourth-order valence-electron chi connectivity index (χ4n) is 3.26. The molecule has 2 aromatic rings. The van der Waals surface area contributed by atoms with E-state index in [1.54, 1.807) is 0 Å². The van der Waals surface area contributed by atoms with Crippen molar-refractivity contribution in [1.29, 1.82) is 0 Å². The van der Waals surface area contributed by atoms with Crippen molar-refractivity contribution in [3.05, 3.63) is 59.2 Å². The summed E-state index contributed by atoms with van der Waals surface area (Å²) in [6.45, 7) is 2.85. The van der Waals surface area contributed by atoms with Crippen molar-refractivity contribution in [3.63, 3.8) is 0 Å². The van der Waals surface area contributed by atoms with E-state index in [0.29, 0.717) is 12.5 Å². The summed E-state index contributed by atoms with van der Waals surface area (Å²) in [5.74, 6) is 0.538. The van der Waals surface area contributed by atoms with Crippen LogP contribution in [0.25, 0.3) is 11.1 Å². The molecule has 3 N–H and O–H groups in total. The molecule has 0 fully saturated rings. The van der Waals surface area contributed by atoms with Gasteiger partial charge in [0.05, 0.1) is 12.1 Å². The maximum atomic E-state index is 5.77. The topological polar surface area (TPSA) is 50.4 Å². The zero-order valence-electron chi connectivity index (χ0n) is 11.5. The molecule has 3 nitrogen and oxygen atoms in total. The Morgan fingerprint density at radius 3 is 2.70 bits per heavy atom. The van der Waals surface area contributed by atoms with Gasteiger partial charge in [0.2, 0.25) is 0 Å². The molecule has 1 unspecified atom stereocenters. The average Bonchev–Trinajstić information content (AvgIpc) is 2.99. The number of hydrogen-bond acceptors (Lipinski definition) is 3. The number of rotatable bonds is 1. The summed E-state index contributed by atoms with van der Waals surface area (Å²) >= 11 is 0. The van der Waals surface area contributed by atoms with E-state index in [0.717, 1.165) is 6.42 Å². The Kier molecular flexibility index (Phi) is 2.22. The molecular weight excluding hydrogens is 246 g/mol. The molecule has 3 heteroatoms. The number of nitrogens with two attached hydrogens (primary N) is 1. The Morgan fingerprint density at radius 1 is 1.10 bits per heavy atom. The molecule has 0 saturated carbocycles. The molecule has 0 bridgehead atoms. The predicted molar refractivity (Wildman–Crippen MR) is 81.7 cm³/mol. The molecule has 2 aromatic carbocycles. The standard InChI is InChI=1S/C17H17N3/c1-17(10-19-16(18)20-17)13-6-7-15-12(9-13)8-11-4-2-3-5-14(11)15/h2-7,9H,8,10H2,1H3,(H3,18,19,20). The SMILES string of the molecule is CC1(c2ccc3c(c2)Cc2ccccc2-3)CN=C(N)N1. The highest BCUT2D eigenvalue weighted by Crippen LogP contribution is 2.38. The van der Waals surface area contributed by atoms with Crippen molar-refractivity contribution in [2.75, 3.05) is 6.54 Å². The van der Waals surface area contributed by atoms with Crippen molar-refractivity contribution >= 4 is 5.96 Å². The lowest BCUT2D eigenvalue weighted by Gasteiger charge is -2.25. The lowest BCUT2D eigenvalue weighted by Crippen LogP contribution is -2.43. The molecule has 0 amide bonds. The first-order chi connectivity index (χ1) is 9.66. The van der Waals surface area contributed by atoms with E-state index in [9.17, 15) is 0 Å². The van der Waals surface area contributed by atoms with E-state index in [4.69, 9.17) is 5.73 Å². The van der Waals surface area contributed by atoms with E-state index in [1.165, 1.54) is 27.8 Å². The van der Waals surface area contributed by atoms with Crippen LogP contribution in [0.5, 0.6) is 0 Å². The molecule has 0 aromatic heterocycles. The van der Waals surface area contributed by atoms with Gasteiger partial charge in [0.25, 0.3) is 0 Å². The van der Waals surface area contributed by atoms with Gasteiger partial charge >= 0.3 is 0 Å². The molecule has 1 heterocycles. The van der Waals surface area contributed by atoms with Crippen molar-refractivity contribution in [2.45, 2.75) is 18.9 Å². The van der Waals surface area contributed by atoms with E-state index < -0.39 is 0 Å². The molecule has 1 atom stereocenters. The first-order valence-electron chi connectivity index (χ1n) is 6.95. The number of benzene rings is 2. The first kappa shape index (κ1) is 11.5. The quantitative estimate of drug-likeness (QED) is 0.708. The van der Waals surface area contributed by atoms with Crippen LogP contribution in [0.3, 0.4) is 0 Å². The van der Waals surface area contributed by atoms with Gasteiger partial charge in [-0.25, -0.2) is 0 Å². The van der Waals surface area contributed by atoms with Crippen LogP contribution in [0.1, 0.15) is 23.6 Å². The third kappa shape index (κ3) is 1.56. The smallest absolute Gasteiger partial charge is 0.189 e. The molecule has 1 aliphatic heterocycles. The monoisotopic (exact) mass is 263 g/mol. The van der Waals surface area contributed by atoms with E-state index in [2.05, 4.69) is 59.7 Å². The minimum atomic E-state index is -0.173. The van der Waals surface area contributed by atoms with Crippen LogP contribution in [0, 0.1) is 0 Å². The summed E-state index contributed by atoms with van der Waals surface area (Å²) in [5.41, 5.74) is 12.4. The Labute approximate surface area is 118 Å². The van der Waals surface area contributed by atoms with E-state index in [-0.39, 0.29) is 5.54 Å². The Morgan fingerprint density at radius 2 is 1.90 bits per heavy atom. The maximum Gasteiger partial charge on any atom is 0.189 e. The zero-order chi connectivity index (χ0) is 13.7. The normalized spacial score (nSPS) is 22.9. The molecule has 1 aliphatic carbocycles. The summed E-state index contributed by atoms with van der Waals surface area (Å²) in [7, 11) is 0. The lowest BCUT2D eigenvalue weighted by atomic mass is 9.90. The van der Waals surface area contributed by atoms with Gasteiger partial charge in [-0.05, 0) is 41.2 Å². The highest BCUT2D eigenvalue weighted by Gasteiger charge is 2.32. The van der Waals surface area contributed by atoms with Crippen LogP contribution < -0.4 is 11.1 Å². The van der Waals surface area contributed by atoms with Crippen LogP contribution in [0.2, 0.25) is 0 Å². The number of aliphatic imine (C=N–C) groups is 1. The summed E-state index contributed by atoms with van der Waals surface area (Å²) in [6, 6.07) is 15.4. The Hall–Kier alpha value is -2.29. The van der Waals surface area contributed by atoms with Gasteiger partial charge in [0, 0.05) is 0 Å². The predicted octanol–water partition coefficient (Wildman–Crippen LogP) is 2.39. The first-order valence-corrected chi connectivity index (χ1v) is 6.95. The van der Waals surface area contributed by atoms with Crippen LogP contribution >= 0.6 is 0 Å². The number of guanidine groups is 1.